The summed E-state index contributed by atoms with van der Waals surface area (Å²) >= 11 is 0. The van der Waals surface area contributed by atoms with E-state index >= 15 is 0 Å². The van der Waals surface area contributed by atoms with E-state index in [1.165, 1.54) is 0 Å². The maximum Gasteiger partial charge on any atom is 0.227 e. The van der Waals surface area contributed by atoms with Gasteiger partial charge in [-0.1, -0.05) is 11.2 Å². The van der Waals surface area contributed by atoms with E-state index in [2.05, 4.69) is 15.5 Å². The zero-order valence-electron chi connectivity index (χ0n) is 16.4. The molecular formula is C22H22N4O3. The van der Waals surface area contributed by atoms with Crippen LogP contribution in [0.4, 0.5) is 5.69 Å². The Hall–Kier alpha value is -3.61. The summed E-state index contributed by atoms with van der Waals surface area (Å²) < 4.78 is 12.7. The molecule has 0 saturated carbocycles. The van der Waals surface area contributed by atoms with E-state index in [1.807, 2.05) is 73.3 Å². The Morgan fingerprint density at radius 3 is 2.79 bits per heavy atom. The average Bonchev–Trinajstić information content (AvgIpc) is 3.35. The molecule has 0 atom stereocenters. The third kappa shape index (κ3) is 4.13. The standard InChI is InChI=1S/C22H22N4O3/c1-3-28-16-9-7-15(8-10-16)22-24-21(29-25-22)12-11-20(27)23-18-5-4-6-19-17(18)13-14-26(19)2/h4-10,13-14H,3,11-12H2,1-2H3,(H,23,27). The summed E-state index contributed by atoms with van der Waals surface area (Å²) in [4.78, 5) is 16.8. The Labute approximate surface area is 168 Å². The molecule has 148 valence electrons. The maximum atomic E-state index is 12.4. The minimum atomic E-state index is -0.0952. The minimum Gasteiger partial charge on any atom is -0.494 e. The Morgan fingerprint density at radius 1 is 1.17 bits per heavy atom. The second-order valence-electron chi connectivity index (χ2n) is 6.68. The molecule has 0 aliphatic rings. The molecule has 0 spiro atoms. The summed E-state index contributed by atoms with van der Waals surface area (Å²) in [5.41, 5.74) is 2.71. The van der Waals surface area contributed by atoms with Crippen LogP contribution in [0.1, 0.15) is 19.2 Å². The maximum absolute atomic E-state index is 12.4. The Kier molecular flexibility index (Phi) is 5.29. The van der Waals surface area contributed by atoms with Crippen LogP contribution in [0.5, 0.6) is 5.75 Å². The molecule has 2 aromatic heterocycles. The fraction of sp³-hybridized carbons (Fsp3) is 0.227. The van der Waals surface area contributed by atoms with Gasteiger partial charge in [0.25, 0.3) is 0 Å². The molecule has 1 amide bonds. The van der Waals surface area contributed by atoms with Crippen LogP contribution in [0.25, 0.3) is 22.3 Å². The van der Waals surface area contributed by atoms with Gasteiger partial charge in [-0.3, -0.25) is 4.79 Å². The van der Waals surface area contributed by atoms with E-state index in [1.54, 1.807) is 0 Å². The van der Waals surface area contributed by atoms with Gasteiger partial charge in [0.15, 0.2) is 0 Å². The molecule has 1 N–H and O–H groups in total. The molecule has 2 heterocycles. The van der Waals surface area contributed by atoms with Crippen molar-refractivity contribution in [2.24, 2.45) is 7.05 Å². The highest BCUT2D eigenvalue weighted by Gasteiger charge is 2.12. The number of carbonyl (C=O) groups excluding carboxylic acids is 1. The van der Waals surface area contributed by atoms with E-state index in [0.29, 0.717) is 24.7 Å². The van der Waals surface area contributed by atoms with Crippen molar-refractivity contribution in [2.75, 3.05) is 11.9 Å². The summed E-state index contributed by atoms with van der Waals surface area (Å²) in [5, 5.41) is 7.99. The molecule has 0 unspecified atom stereocenters. The van der Waals surface area contributed by atoms with Crippen LogP contribution < -0.4 is 10.1 Å². The van der Waals surface area contributed by atoms with E-state index in [4.69, 9.17) is 9.26 Å². The highest BCUT2D eigenvalue weighted by Crippen LogP contribution is 2.24. The molecule has 29 heavy (non-hydrogen) atoms. The quantitative estimate of drug-likeness (QED) is 0.511. The number of carbonyl (C=O) groups is 1. The van der Waals surface area contributed by atoms with Crippen molar-refractivity contribution >= 4 is 22.5 Å². The predicted octanol–water partition coefficient (Wildman–Crippen LogP) is 4.20. The number of rotatable bonds is 7. The summed E-state index contributed by atoms with van der Waals surface area (Å²) in [6.45, 7) is 2.56. The van der Waals surface area contributed by atoms with Gasteiger partial charge in [-0.15, -0.1) is 0 Å². The van der Waals surface area contributed by atoms with Crippen LogP contribution in [0.15, 0.2) is 59.3 Å². The summed E-state index contributed by atoms with van der Waals surface area (Å²) in [7, 11) is 1.98. The van der Waals surface area contributed by atoms with Crippen molar-refractivity contribution < 1.29 is 14.1 Å². The first kappa shape index (κ1) is 18.7. The molecule has 4 rings (SSSR count). The highest BCUT2D eigenvalue weighted by atomic mass is 16.5. The summed E-state index contributed by atoms with van der Waals surface area (Å²) in [6, 6.07) is 15.3. The van der Waals surface area contributed by atoms with Crippen LogP contribution in [0.2, 0.25) is 0 Å². The van der Waals surface area contributed by atoms with Gasteiger partial charge in [0.1, 0.15) is 5.75 Å². The van der Waals surface area contributed by atoms with Gasteiger partial charge in [0, 0.05) is 42.6 Å². The van der Waals surface area contributed by atoms with Crippen LogP contribution in [-0.2, 0) is 18.3 Å². The molecule has 4 aromatic rings. The third-order valence-corrected chi connectivity index (χ3v) is 4.66. The van der Waals surface area contributed by atoms with E-state index in [9.17, 15) is 4.79 Å². The van der Waals surface area contributed by atoms with E-state index in [0.717, 1.165) is 27.9 Å². The molecule has 0 bridgehead atoms. The largest absolute Gasteiger partial charge is 0.494 e. The van der Waals surface area contributed by atoms with Crippen molar-refractivity contribution in [3.63, 3.8) is 0 Å². The monoisotopic (exact) mass is 390 g/mol. The van der Waals surface area contributed by atoms with Gasteiger partial charge in [0.05, 0.1) is 12.3 Å². The number of fused-ring (bicyclic) bond motifs is 1. The van der Waals surface area contributed by atoms with Gasteiger partial charge in [-0.05, 0) is 49.4 Å². The number of aromatic nitrogens is 3. The first-order chi connectivity index (χ1) is 14.1. The van der Waals surface area contributed by atoms with Crippen LogP contribution in [0, 0.1) is 0 Å². The molecule has 7 heteroatoms. The number of hydrogen-bond donors (Lipinski definition) is 1. The lowest BCUT2D eigenvalue weighted by molar-refractivity contribution is -0.116. The third-order valence-electron chi connectivity index (χ3n) is 4.66. The van der Waals surface area contributed by atoms with E-state index in [-0.39, 0.29) is 12.3 Å². The topological polar surface area (TPSA) is 82.2 Å². The van der Waals surface area contributed by atoms with Crippen molar-refractivity contribution in [2.45, 2.75) is 19.8 Å². The number of amides is 1. The van der Waals surface area contributed by atoms with Gasteiger partial charge in [-0.2, -0.15) is 4.98 Å². The summed E-state index contributed by atoms with van der Waals surface area (Å²) in [6.07, 6.45) is 2.61. The summed E-state index contributed by atoms with van der Waals surface area (Å²) in [5.74, 6) is 1.63. The Morgan fingerprint density at radius 2 is 2.00 bits per heavy atom. The van der Waals surface area contributed by atoms with Crippen LogP contribution in [0.3, 0.4) is 0 Å². The van der Waals surface area contributed by atoms with Crippen molar-refractivity contribution in [3.05, 3.63) is 60.6 Å². The number of nitrogens with one attached hydrogen (secondary N) is 1. The van der Waals surface area contributed by atoms with Gasteiger partial charge < -0.3 is 19.1 Å². The molecule has 0 aliphatic heterocycles. The highest BCUT2D eigenvalue weighted by molar-refractivity contribution is 6.01. The lowest BCUT2D eigenvalue weighted by atomic mass is 10.2. The number of ether oxygens (including phenoxy) is 1. The van der Waals surface area contributed by atoms with Crippen LogP contribution in [-0.4, -0.2) is 27.2 Å². The first-order valence-corrected chi connectivity index (χ1v) is 9.54. The normalized spacial score (nSPS) is 11.0. The van der Waals surface area contributed by atoms with Crippen molar-refractivity contribution in [1.82, 2.24) is 14.7 Å². The van der Waals surface area contributed by atoms with Gasteiger partial charge >= 0.3 is 0 Å². The van der Waals surface area contributed by atoms with Crippen LogP contribution >= 0.6 is 0 Å². The molecule has 2 aromatic carbocycles. The SMILES string of the molecule is CCOc1ccc(-c2noc(CCC(=O)Nc3cccc4c3ccn4C)n2)cc1. The lowest BCUT2D eigenvalue weighted by Crippen LogP contribution is -2.12. The molecule has 7 nitrogen and oxygen atoms in total. The predicted molar refractivity (Wildman–Crippen MR) is 111 cm³/mol. The van der Waals surface area contributed by atoms with Gasteiger partial charge in [0.2, 0.25) is 17.6 Å². The van der Waals surface area contributed by atoms with Crippen molar-refractivity contribution in [3.8, 4) is 17.1 Å². The zero-order valence-corrected chi connectivity index (χ0v) is 16.4. The Bertz CT molecular complexity index is 1130. The zero-order chi connectivity index (χ0) is 20.2. The molecule has 0 aliphatic carbocycles. The second-order valence-corrected chi connectivity index (χ2v) is 6.68. The smallest absolute Gasteiger partial charge is 0.227 e. The fourth-order valence-corrected chi connectivity index (χ4v) is 3.19. The average molecular weight is 390 g/mol. The first-order valence-electron chi connectivity index (χ1n) is 9.54. The van der Waals surface area contributed by atoms with Gasteiger partial charge in [-0.25, -0.2) is 0 Å². The molecular weight excluding hydrogens is 368 g/mol. The number of aryl methyl sites for hydroxylation is 2. The number of anilines is 1. The van der Waals surface area contributed by atoms with E-state index < -0.39 is 0 Å². The number of hydrogen-bond acceptors (Lipinski definition) is 5. The van der Waals surface area contributed by atoms with Crippen molar-refractivity contribution in [1.29, 1.82) is 0 Å². The molecule has 0 radical (unpaired) electrons. The minimum absolute atomic E-state index is 0.0952. The second kappa shape index (κ2) is 8.18. The molecule has 0 fully saturated rings. The molecule has 0 saturated heterocycles. The fourth-order valence-electron chi connectivity index (χ4n) is 3.19. The number of benzene rings is 2. The Balaban J connectivity index is 1.37. The lowest BCUT2D eigenvalue weighted by Gasteiger charge is -2.06. The number of nitrogens with zero attached hydrogens (tertiary/aromatic N) is 3.